The highest BCUT2D eigenvalue weighted by Crippen LogP contribution is 2.17. The minimum atomic E-state index is 0. The lowest BCUT2D eigenvalue weighted by atomic mass is 10.1. The topological polar surface area (TPSA) is 20.9 Å². The zero-order valence-corrected chi connectivity index (χ0v) is 12.5. The highest BCUT2D eigenvalue weighted by atomic mass is 79.9. The van der Waals surface area contributed by atoms with Crippen molar-refractivity contribution in [3.05, 3.63) is 65.8 Å². The van der Waals surface area contributed by atoms with E-state index in [1.54, 1.807) is 11.3 Å². The Morgan fingerprint density at radius 2 is 1.89 bits per heavy atom. The van der Waals surface area contributed by atoms with Gasteiger partial charge in [0.05, 0.1) is 4.70 Å². The normalized spacial score (nSPS) is 10.1. The molecule has 0 radical (unpaired) electrons. The van der Waals surface area contributed by atoms with Crippen molar-refractivity contribution >= 4 is 27.2 Å². The maximum absolute atomic E-state index is 12.1. The van der Waals surface area contributed by atoms with Crippen LogP contribution in [0.25, 0.3) is 10.1 Å². The average molecular weight is 334 g/mol. The summed E-state index contributed by atoms with van der Waals surface area (Å²) in [6, 6.07) is 13.5. The third-order valence-corrected chi connectivity index (χ3v) is 3.74. The van der Waals surface area contributed by atoms with E-state index in [0.717, 1.165) is 5.56 Å². The number of pyridine rings is 1. The number of carbonyl (C=O) groups excluding carboxylic acids is 1. The first kappa shape index (κ1) is 13.9. The molecule has 2 aromatic heterocycles. The van der Waals surface area contributed by atoms with Gasteiger partial charge in [-0.25, -0.2) is 0 Å². The zero-order valence-electron chi connectivity index (χ0n) is 10.1. The lowest BCUT2D eigenvalue weighted by molar-refractivity contribution is -0.681. The number of hydrogen-bond acceptors (Lipinski definition) is 2. The number of aromatic nitrogens is 1. The summed E-state index contributed by atoms with van der Waals surface area (Å²) >= 11 is 1.69. The van der Waals surface area contributed by atoms with Crippen molar-refractivity contribution in [2.24, 2.45) is 0 Å². The first-order valence-electron chi connectivity index (χ1n) is 5.77. The van der Waals surface area contributed by atoms with Crippen LogP contribution in [0.15, 0.2) is 60.2 Å². The van der Waals surface area contributed by atoms with Gasteiger partial charge in [-0.05, 0) is 11.4 Å². The molecule has 4 heteroatoms. The highest BCUT2D eigenvalue weighted by molar-refractivity contribution is 7.17. The molecule has 1 aromatic carbocycles. The first-order chi connectivity index (χ1) is 8.83. The largest absolute Gasteiger partial charge is 1.00 e. The molecule has 96 valence electrons. The Hall–Kier alpha value is -1.52. The fourth-order valence-electron chi connectivity index (χ4n) is 1.92. The molecule has 0 saturated carbocycles. The third kappa shape index (κ3) is 3.08. The van der Waals surface area contributed by atoms with Gasteiger partial charge >= 0.3 is 0 Å². The lowest BCUT2D eigenvalue weighted by Crippen LogP contribution is -3.00. The van der Waals surface area contributed by atoms with E-state index in [0.29, 0.717) is 6.54 Å². The second-order valence-electron chi connectivity index (χ2n) is 4.15. The second kappa shape index (κ2) is 6.08. The Kier molecular flexibility index (Phi) is 4.45. The number of benzene rings is 1. The quantitative estimate of drug-likeness (QED) is 0.491. The van der Waals surface area contributed by atoms with Crippen molar-refractivity contribution in [1.82, 2.24) is 0 Å². The number of Topliss-reactive ketones (excluding diaryl/α,β-unsaturated/α-hetero) is 1. The second-order valence-corrected chi connectivity index (χ2v) is 5.09. The fraction of sp³-hybridized carbons (Fsp3) is 0.0667. The molecule has 2 heterocycles. The van der Waals surface area contributed by atoms with Crippen LogP contribution in [0.4, 0.5) is 0 Å². The standard InChI is InChI=1S/C15H12NOS.BrH/c17-14(12-4-2-1-3-5-12)10-16-8-6-13-7-9-18-15(13)11-16;/h1-9,11H,10H2;1H/q+1;/p-1. The summed E-state index contributed by atoms with van der Waals surface area (Å²) in [5.41, 5.74) is 0.760. The van der Waals surface area contributed by atoms with Crippen LogP contribution in [-0.2, 0) is 6.54 Å². The molecule has 3 aromatic rings. The van der Waals surface area contributed by atoms with Gasteiger partial charge in [0.1, 0.15) is 0 Å². The number of rotatable bonds is 3. The SMILES string of the molecule is O=C(C[n+]1ccc2ccsc2c1)c1ccccc1.[Br-]. The van der Waals surface area contributed by atoms with Crippen LogP contribution >= 0.6 is 11.3 Å². The average Bonchev–Trinajstić information content (AvgIpc) is 2.87. The predicted octanol–water partition coefficient (Wildman–Crippen LogP) is 0.0757. The summed E-state index contributed by atoms with van der Waals surface area (Å²) in [6.45, 7) is 0.387. The lowest BCUT2D eigenvalue weighted by Gasteiger charge is -1.97. The summed E-state index contributed by atoms with van der Waals surface area (Å²) in [6.07, 6.45) is 3.98. The number of carbonyl (C=O) groups is 1. The van der Waals surface area contributed by atoms with E-state index in [4.69, 9.17) is 0 Å². The van der Waals surface area contributed by atoms with E-state index in [-0.39, 0.29) is 22.8 Å². The van der Waals surface area contributed by atoms with Gasteiger partial charge in [0, 0.05) is 17.0 Å². The molecule has 0 aliphatic rings. The van der Waals surface area contributed by atoms with Crippen molar-refractivity contribution in [2.75, 3.05) is 0 Å². The molecule has 0 atom stereocenters. The Bertz CT molecular complexity index is 693. The minimum absolute atomic E-state index is 0. The van der Waals surface area contributed by atoms with Crippen LogP contribution < -0.4 is 21.5 Å². The maximum atomic E-state index is 12.1. The molecule has 0 saturated heterocycles. The van der Waals surface area contributed by atoms with Crippen molar-refractivity contribution in [2.45, 2.75) is 6.54 Å². The first-order valence-corrected chi connectivity index (χ1v) is 6.65. The Labute approximate surface area is 126 Å². The van der Waals surface area contributed by atoms with Gasteiger partial charge in [-0.3, -0.25) is 4.79 Å². The molecule has 2 nitrogen and oxygen atoms in total. The van der Waals surface area contributed by atoms with Crippen molar-refractivity contribution in [3.8, 4) is 0 Å². The highest BCUT2D eigenvalue weighted by Gasteiger charge is 2.12. The number of ketones is 1. The molecular formula is C15H12BrNOS. The van der Waals surface area contributed by atoms with E-state index in [2.05, 4.69) is 11.4 Å². The van der Waals surface area contributed by atoms with Gasteiger partial charge in [-0.15, -0.1) is 11.3 Å². The van der Waals surface area contributed by atoms with Crippen LogP contribution in [0.3, 0.4) is 0 Å². The molecule has 0 bridgehead atoms. The van der Waals surface area contributed by atoms with Crippen LogP contribution in [0.5, 0.6) is 0 Å². The maximum Gasteiger partial charge on any atom is 0.227 e. The third-order valence-electron chi connectivity index (χ3n) is 2.88. The van der Waals surface area contributed by atoms with Crippen LogP contribution in [-0.4, -0.2) is 5.78 Å². The van der Waals surface area contributed by atoms with Gasteiger partial charge in [0.2, 0.25) is 12.3 Å². The van der Waals surface area contributed by atoms with E-state index in [1.165, 1.54) is 10.1 Å². The fourth-order valence-corrected chi connectivity index (χ4v) is 2.75. The Morgan fingerprint density at radius 1 is 1.11 bits per heavy atom. The summed E-state index contributed by atoms with van der Waals surface area (Å²) in [7, 11) is 0. The van der Waals surface area contributed by atoms with E-state index in [9.17, 15) is 4.79 Å². The zero-order chi connectivity index (χ0) is 12.4. The van der Waals surface area contributed by atoms with Crippen LogP contribution in [0.1, 0.15) is 10.4 Å². The monoisotopic (exact) mass is 333 g/mol. The van der Waals surface area contributed by atoms with E-state index >= 15 is 0 Å². The molecule has 0 fully saturated rings. The molecule has 0 aliphatic heterocycles. The number of halogens is 1. The Balaban J connectivity index is 0.00000133. The molecule has 0 aliphatic carbocycles. The number of fused-ring (bicyclic) bond motifs is 1. The van der Waals surface area contributed by atoms with Crippen molar-refractivity contribution in [1.29, 1.82) is 0 Å². The van der Waals surface area contributed by atoms with E-state index in [1.807, 2.05) is 53.4 Å². The molecule has 3 rings (SSSR count). The van der Waals surface area contributed by atoms with Crippen molar-refractivity contribution < 1.29 is 26.3 Å². The van der Waals surface area contributed by atoms with Crippen molar-refractivity contribution in [3.63, 3.8) is 0 Å². The van der Waals surface area contributed by atoms with Gasteiger partial charge in [-0.2, -0.15) is 4.57 Å². The van der Waals surface area contributed by atoms with Gasteiger partial charge in [0.25, 0.3) is 0 Å². The van der Waals surface area contributed by atoms with Gasteiger partial charge < -0.3 is 17.0 Å². The summed E-state index contributed by atoms with van der Waals surface area (Å²) in [5, 5.41) is 3.29. The molecular weight excluding hydrogens is 322 g/mol. The molecule has 19 heavy (non-hydrogen) atoms. The van der Waals surface area contributed by atoms with Crippen LogP contribution in [0, 0.1) is 0 Å². The van der Waals surface area contributed by atoms with Gasteiger partial charge in [-0.1, -0.05) is 30.3 Å². The molecule has 0 spiro atoms. The van der Waals surface area contributed by atoms with Crippen LogP contribution in [0.2, 0.25) is 0 Å². The summed E-state index contributed by atoms with van der Waals surface area (Å²) in [5.74, 6) is 0.136. The number of thiophene rings is 1. The predicted molar refractivity (Wildman–Crippen MR) is 72.8 cm³/mol. The minimum Gasteiger partial charge on any atom is -1.00 e. The summed E-state index contributed by atoms with van der Waals surface area (Å²) in [4.78, 5) is 12.1. The molecule has 0 unspecified atom stereocenters. The van der Waals surface area contributed by atoms with E-state index < -0.39 is 0 Å². The number of hydrogen-bond donors (Lipinski definition) is 0. The molecule has 0 N–H and O–H groups in total. The summed E-state index contributed by atoms with van der Waals surface area (Å²) < 4.78 is 3.15. The Morgan fingerprint density at radius 3 is 2.68 bits per heavy atom. The molecule has 0 amide bonds. The number of nitrogens with zero attached hydrogens (tertiary/aromatic N) is 1. The smallest absolute Gasteiger partial charge is 0.227 e. The van der Waals surface area contributed by atoms with Gasteiger partial charge in [0.15, 0.2) is 12.4 Å².